The smallest absolute Gasteiger partial charge is 0.341 e. The fourth-order valence-corrected chi connectivity index (χ4v) is 2.64. The predicted molar refractivity (Wildman–Crippen MR) is 116 cm³/mol. The van der Waals surface area contributed by atoms with E-state index in [0.29, 0.717) is 6.07 Å². The number of halogens is 2. The van der Waals surface area contributed by atoms with Crippen LogP contribution in [-0.4, -0.2) is 48.4 Å². The van der Waals surface area contributed by atoms with E-state index >= 15 is 0 Å². The van der Waals surface area contributed by atoms with Crippen molar-refractivity contribution in [2.45, 2.75) is 39.3 Å². The molecule has 0 saturated carbocycles. The molecule has 0 aliphatic rings. The Hall–Kier alpha value is -3.04. The average molecular weight is 450 g/mol. The molecular formula is C23H28F2N2O5. The highest BCUT2D eigenvalue weighted by Gasteiger charge is 2.19. The standard InChI is InChI=1S/C23H28F2N2O5/c1-5-31-22(30)18-11-15(27-21(29)17-8-6-14(24)10-19(17)25)7-9-20(18)32-13-16(28)12-26-23(2,3)4/h6-11,16,26,28H,5,12-13H2,1-4H3,(H,27,29). The van der Waals surface area contributed by atoms with Gasteiger partial charge in [-0.2, -0.15) is 0 Å². The lowest BCUT2D eigenvalue weighted by Crippen LogP contribution is -2.42. The number of carbonyl (C=O) groups excluding carboxylic acids is 2. The van der Waals surface area contributed by atoms with E-state index in [1.54, 1.807) is 6.92 Å². The predicted octanol–water partition coefficient (Wildman–Crippen LogP) is 3.52. The van der Waals surface area contributed by atoms with Gasteiger partial charge >= 0.3 is 5.97 Å². The van der Waals surface area contributed by atoms with Crippen LogP contribution in [0.2, 0.25) is 0 Å². The van der Waals surface area contributed by atoms with Crippen molar-refractivity contribution in [3.8, 4) is 5.75 Å². The van der Waals surface area contributed by atoms with Gasteiger partial charge in [-0.3, -0.25) is 4.79 Å². The molecule has 9 heteroatoms. The van der Waals surface area contributed by atoms with E-state index < -0.39 is 29.6 Å². The van der Waals surface area contributed by atoms with Gasteiger partial charge in [0.05, 0.1) is 12.2 Å². The second kappa shape index (κ2) is 11.0. The summed E-state index contributed by atoms with van der Waals surface area (Å²) in [6.45, 7) is 7.85. The van der Waals surface area contributed by atoms with Crippen LogP contribution < -0.4 is 15.4 Å². The summed E-state index contributed by atoms with van der Waals surface area (Å²) in [6.07, 6.45) is -0.829. The molecule has 1 amide bonds. The van der Waals surface area contributed by atoms with Crippen LogP contribution in [0.1, 0.15) is 48.4 Å². The molecule has 0 aliphatic carbocycles. The van der Waals surface area contributed by atoms with Crippen molar-refractivity contribution in [3.63, 3.8) is 0 Å². The van der Waals surface area contributed by atoms with Gasteiger partial charge in [-0.1, -0.05) is 0 Å². The first kappa shape index (κ1) is 25.2. The van der Waals surface area contributed by atoms with E-state index in [0.717, 1.165) is 12.1 Å². The highest BCUT2D eigenvalue weighted by molar-refractivity contribution is 6.05. The molecule has 0 spiro atoms. The van der Waals surface area contributed by atoms with Crippen LogP contribution in [0.15, 0.2) is 36.4 Å². The van der Waals surface area contributed by atoms with E-state index in [9.17, 15) is 23.5 Å². The van der Waals surface area contributed by atoms with Crippen LogP contribution in [0.3, 0.4) is 0 Å². The summed E-state index contributed by atoms with van der Waals surface area (Å²) in [7, 11) is 0. The SMILES string of the molecule is CCOC(=O)c1cc(NC(=O)c2ccc(F)cc2F)ccc1OCC(O)CNC(C)(C)C. The molecule has 0 aliphatic heterocycles. The van der Waals surface area contributed by atoms with Gasteiger partial charge < -0.3 is 25.2 Å². The number of aliphatic hydroxyl groups excluding tert-OH is 1. The van der Waals surface area contributed by atoms with Crippen molar-refractivity contribution in [1.82, 2.24) is 5.32 Å². The van der Waals surface area contributed by atoms with E-state index in [-0.39, 0.29) is 47.9 Å². The number of β-amino-alcohol motifs (C(OH)–C–C–N with tert-alkyl or cyclic N) is 1. The van der Waals surface area contributed by atoms with Gasteiger partial charge in [-0.15, -0.1) is 0 Å². The highest BCUT2D eigenvalue weighted by atomic mass is 19.1. The topological polar surface area (TPSA) is 96.9 Å². The minimum absolute atomic E-state index is 0.0280. The van der Waals surface area contributed by atoms with Gasteiger partial charge in [0.2, 0.25) is 0 Å². The third kappa shape index (κ3) is 7.58. The molecule has 1 atom stereocenters. The van der Waals surface area contributed by atoms with E-state index in [4.69, 9.17) is 9.47 Å². The second-order valence-electron chi connectivity index (χ2n) is 8.11. The summed E-state index contributed by atoms with van der Waals surface area (Å²) in [5.41, 5.74) is -0.316. The number of hydrogen-bond donors (Lipinski definition) is 3. The first-order valence-electron chi connectivity index (χ1n) is 10.1. The Kier molecular flexibility index (Phi) is 8.68. The number of rotatable bonds is 9. The van der Waals surface area contributed by atoms with Gasteiger partial charge in [0.1, 0.15) is 35.7 Å². The number of nitrogens with one attached hydrogen (secondary N) is 2. The van der Waals surface area contributed by atoms with Crippen molar-refractivity contribution in [1.29, 1.82) is 0 Å². The van der Waals surface area contributed by atoms with Crippen molar-refractivity contribution >= 4 is 17.6 Å². The maximum absolute atomic E-state index is 13.9. The fourth-order valence-electron chi connectivity index (χ4n) is 2.64. The summed E-state index contributed by atoms with van der Waals surface area (Å²) < 4.78 is 37.6. The summed E-state index contributed by atoms with van der Waals surface area (Å²) in [5, 5.41) is 15.7. The van der Waals surface area contributed by atoms with Crippen LogP contribution in [0.4, 0.5) is 14.5 Å². The Morgan fingerprint density at radius 2 is 1.81 bits per heavy atom. The number of anilines is 1. The molecule has 0 radical (unpaired) electrons. The Labute approximate surface area is 185 Å². The lowest BCUT2D eigenvalue weighted by atomic mass is 10.1. The molecule has 2 rings (SSSR count). The Balaban J connectivity index is 2.16. The third-order valence-electron chi connectivity index (χ3n) is 4.21. The number of ether oxygens (including phenoxy) is 2. The van der Waals surface area contributed by atoms with Crippen LogP contribution in [0.25, 0.3) is 0 Å². The number of benzene rings is 2. The maximum atomic E-state index is 13.9. The lowest BCUT2D eigenvalue weighted by Gasteiger charge is -2.23. The zero-order valence-corrected chi connectivity index (χ0v) is 18.5. The van der Waals surface area contributed by atoms with Crippen molar-refractivity contribution in [2.24, 2.45) is 0 Å². The zero-order chi connectivity index (χ0) is 23.9. The number of esters is 1. The zero-order valence-electron chi connectivity index (χ0n) is 18.5. The van der Waals surface area contributed by atoms with Crippen LogP contribution in [0.5, 0.6) is 5.75 Å². The number of aliphatic hydroxyl groups is 1. The van der Waals surface area contributed by atoms with E-state index in [2.05, 4.69) is 10.6 Å². The summed E-state index contributed by atoms with van der Waals surface area (Å²) >= 11 is 0. The van der Waals surface area contributed by atoms with E-state index in [1.807, 2.05) is 20.8 Å². The maximum Gasteiger partial charge on any atom is 0.341 e. The quantitative estimate of drug-likeness (QED) is 0.506. The fraction of sp³-hybridized carbons (Fsp3) is 0.391. The van der Waals surface area contributed by atoms with Crippen LogP contribution in [-0.2, 0) is 4.74 Å². The lowest BCUT2D eigenvalue weighted by molar-refractivity contribution is 0.0515. The molecule has 0 aromatic heterocycles. The Morgan fingerprint density at radius 3 is 2.44 bits per heavy atom. The molecule has 3 N–H and O–H groups in total. The van der Waals surface area contributed by atoms with Gasteiger partial charge in [0.15, 0.2) is 0 Å². The van der Waals surface area contributed by atoms with E-state index in [1.165, 1.54) is 18.2 Å². The van der Waals surface area contributed by atoms with Crippen molar-refractivity contribution in [3.05, 3.63) is 59.2 Å². The molecule has 2 aromatic rings. The Bertz CT molecular complexity index is 960. The Morgan fingerprint density at radius 1 is 1.09 bits per heavy atom. The minimum Gasteiger partial charge on any atom is -0.490 e. The number of hydrogen-bond acceptors (Lipinski definition) is 6. The molecule has 1 unspecified atom stereocenters. The molecule has 0 fully saturated rings. The second-order valence-corrected chi connectivity index (χ2v) is 8.11. The minimum atomic E-state index is -1.01. The van der Waals surface area contributed by atoms with Gasteiger partial charge in [0, 0.05) is 23.8 Å². The summed E-state index contributed by atoms with van der Waals surface area (Å²) in [4.78, 5) is 24.7. The molecular weight excluding hydrogens is 422 g/mol. The van der Waals surface area contributed by atoms with Crippen molar-refractivity contribution in [2.75, 3.05) is 25.1 Å². The van der Waals surface area contributed by atoms with Crippen LogP contribution >= 0.6 is 0 Å². The van der Waals surface area contributed by atoms with Crippen molar-refractivity contribution < 1.29 is 33.0 Å². The van der Waals surface area contributed by atoms with Gasteiger partial charge in [0.25, 0.3) is 5.91 Å². The largest absolute Gasteiger partial charge is 0.490 e. The first-order chi connectivity index (χ1) is 15.0. The van der Waals surface area contributed by atoms with Gasteiger partial charge in [-0.25, -0.2) is 13.6 Å². The summed E-state index contributed by atoms with van der Waals surface area (Å²) in [6, 6.07) is 6.82. The molecule has 0 heterocycles. The summed E-state index contributed by atoms with van der Waals surface area (Å²) in [5.74, 6) is -3.15. The normalized spacial score (nSPS) is 12.2. The number of amides is 1. The molecule has 174 valence electrons. The van der Waals surface area contributed by atoms with Crippen LogP contribution in [0, 0.1) is 11.6 Å². The molecule has 2 aromatic carbocycles. The molecule has 0 saturated heterocycles. The van der Waals surface area contributed by atoms with Gasteiger partial charge in [-0.05, 0) is 58.0 Å². The molecule has 32 heavy (non-hydrogen) atoms. The molecule has 7 nitrogen and oxygen atoms in total. The molecule has 0 bridgehead atoms. The third-order valence-corrected chi connectivity index (χ3v) is 4.21. The average Bonchev–Trinajstić information content (AvgIpc) is 2.70. The monoisotopic (exact) mass is 450 g/mol. The highest BCUT2D eigenvalue weighted by Crippen LogP contribution is 2.25. The first-order valence-corrected chi connectivity index (χ1v) is 10.1. The number of carbonyl (C=O) groups is 2.